The Balaban J connectivity index is 1.69. The number of carbonyl (C=O) groups excluding carboxylic acids is 1. The highest BCUT2D eigenvalue weighted by molar-refractivity contribution is 5.99. The molecular formula is C28H23NO4. The lowest BCUT2D eigenvalue weighted by molar-refractivity contribution is 0.0748. The number of para-hydroxylation sites is 1. The zero-order valence-electron chi connectivity index (χ0n) is 18.5. The third-order valence-electron chi connectivity index (χ3n) is 5.89. The van der Waals surface area contributed by atoms with Crippen LogP contribution in [-0.2, 0) is 0 Å². The first-order valence-corrected chi connectivity index (χ1v) is 10.8. The van der Waals surface area contributed by atoms with Crippen LogP contribution in [0.25, 0.3) is 11.0 Å². The fourth-order valence-corrected chi connectivity index (χ4v) is 4.56. The Labute approximate surface area is 191 Å². The van der Waals surface area contributed by atoms with E-state index < -0.39 is 6.04 Å². The Kier molecular flexibility index (Phi) is 5.09. The van der Waals surface area contributed by atoms with Crippen molar-refractivity contribution in [3.63, 3.8) is 0 Å². The summed E-state index contributed by atoms with van der Waals surface area (Å²) in [5.41, 5.74) is 3.19. The van der Waals surface area contributed by atoms with Crippen molar-refractivity contribution in [2.45, 2.75) is 19.9 Å². The number of nitrogens with zero attached hydrogens (tertiary/aromatic N) is 1. The molecule has 0 saturated heterocycles. The van der Waals surface area contributed by atoms with Gasteiger partial charge in [0.15, 0.2) is 5.43 Å². The third kappa shape index (κ3) is 3.52. The van der Waals surface area contributed by atoms with Crippen LogP contribution in [0.3, 0.4) is 0 Å². The van der Waals surface area contributed by atoms with Crippen molar-refractivity contribution in [1.82, 2.24) is 4.90 Å². The van der Waals surface area contributed by atoms with E-state index in [1.165, 1.54) is 0 Å². The molecule has 4 aromatic rings. The molecule has 3 aromatic carbocycles. The lowest BCUT2D eigenvalue weighted by Crippen LogP contribution is -2.29. The van der Waals surface area contributed by atoms with Crippen LogP contribution in [0, 0.1) is 13.8 Å². The van der Waals surface area contributed by atoms with E-state index >= 15 is 0 Å². The van der Waals surface area contributed by atoms with Crippen LogP contribution in [0.4, 0.5) is 0 Å². The van der Waals surface area contributed by atoms with Gasteiger partial charge in [0.25, 0.3) is 5.91 Å². The van der Waals surface area contributed by atoms with Gasteiger partial charge in [-0.25, -0.2) is 0 Å². The maximum Gasteiger partial charge on any atom is 0.291 e. The average molecular weight is 437 g/mol. The van der Waals surface area contributed by atoms with Crippen LogP contribution in [0.15, 0.2) is 88.6 Å². The molecule has 1 unspecified atom stereocenters. The minimum Gasteiger partial charge on any atom is -0.457 e. The Morgan fingerprint density at radius 3 is 2.52 bits per heavy atom. The molecule has 1 amide bonds. The molecule has 0 aliphatic carbocycles. The second-order valence-electron chi connectivity index (χ2n) is 8.27. The molecule has 5 nitrogen and oxygen atoms in total. The fraction of sp³-hybridized carbons (Fsp3) is 0.143. The Morgan fingerprint density at radius 2 is 1.76 bits per heavy atom. The van der Waals surface area contributed by atoms with E-state index in [9.17, 15) is 9.59 Å². The maximum atomic E-state index is 13.7. The molecule has 1 atom stereocenters. The normalized spacial score (nSPS) is 15.0. The monoisotopic (exact) mass is 437 g/mol. The summed E-state index contributed by atoms with van der Waals surface area (Å²) < 4.78 is 12.1. The lowest BCUT2D eigenvalue weighted by Gasteiger charge is -2.24. The van der Waals surface area contributed by atoms with Crippen LogP contribution >= 0.6 is 0 Å². The van der Waals surface area contributed by atoms with E-state index in [0.29, 0.717) is 28.0 Å². The molecule has 5 rings (SSSR count). The Morgan fingerprint density at radius 1 is 1.00 bits per heavy atom. The van der Waals surface area contributed by atoms with Gasteiger partial charge in [0.1, 0.15) is 17.1 Å². The highest BCUT2D eigenvalue weighted by atomic mass is 16.5. The molecule has 0 radical (unpaired) electrons. The number of hydrogen-bond acceptors (Lipinski definition) is 4. The number of carbonyl (C=O) groups is 1. The zero-order chi connectivity index (χ0) is 23.1. The van der Waals surface area contributed by atoms with E-state index in [1.54, 1.807) is 17.0 Å². The van der Waals surface area contributed by atoms with Crippen molar-refractivity contribution >= 4 is 16.9 Å². The van der Waals surface area contributed by atoms with Crippen molar-refractivity contribution in [3.05, 3.63) is 118 Å². The molecule has 1 aromatic heterocycles. The van der Waals surface area contributed by atoms with E-state index in [1.807, 2.05) is 74.5 Å². The number of aryl methyl sites for hydroxylation is 2. The van der Waals surface area contributed by atoms with Crippen molar-refractivity contribution < 1.29 is 13.9 Å². The molecule has 0 spiro atoms. The van der Waals surface area contributed by atoms with Gasteiger partial charge in [-0.05, 0) is 60.9 Å². The van der Waals surface area contributed by atoms with Gasteiger partial charge in [0.05, 0.1) is 17.0 Å². The molecule has 0 bridgehead atoms. The van der Waals surface area contributed by atoms with Crippen LogP contribution in [0.5, 0.6) is 11.5 Å². The molecule has 2 heterocycles. The number of amides is 1. The number of ether oxygens (including phenoxy) is 1. The first-order chi connectivity index (χ1) is 16.0. The minimum absolute atomic E-state index is 0.0960. The summed E-state index contributed by atoms with van der Waals surface area (Å²) in [6, 6.07) is 20.1. The molecule has 0 N–H and O–H groups in total. The Hall–Kier alpha value is -4.12. The molecule has 1 aliphatic rings. The summed E-state index contributed by atoms with van der Waals surface area (Å²) >= 11 is 0. The summed E-state index contributed by atoms with van der Waals surface area (Å²) in [7, 11) is 0. The summed E-state index contributed by atoms with van der Waals surface area (Å²) in [6.07, 6.45) is 1.65. The molecule has 33 heavy (non-hydrogen) atoms. The highest BCUT2D eigenvalue weighted by Gasteiger charge is 2.42. The number of benzene rings is 3. The van der Waals surface area contributed by atoms with Crippen molar-refractivity contribution in [1.29, 1.82) is 0 Å². The third-order valence-corrected chi connectivity index (χ3v) is 5.89. The number of rotatable bonds is 5. The van der Waals surface area contributed by atoms with Gasteiger partial charge in [-0.3, -0.25) is 9.59 Å². The van der Waals surface area contributed by atoms with Gasteiger partial charge in [-0.2, -0.15) is 0 Å². The van der Waals surface area contributed by atoms with E-state index in [-0.39, 0.29) is 23.6 Å². The standard InChI is InChI=1S/C28H23NO4/c1-4-13-29-25(19-9-8-12-21(16-19)32-20-10-6-5-7-11-20)24-26(30)23-18(3)14-17(2)15-22(23)33-27(24)28(29)31/h4-12,14-16,25H,1,13H2,2-3H3. The van der Waals surface area contributed by atoms with E-state index in [0.717, 1.165) is 16.7 Å². The smallest absolute Gasteiger partial charge is 0.291 e. The minimum atomic E-state index is -0.592. The van der Waals surface area contributed by atoms with Gasteiger partial charge in [0, 0.05) is 6.54 Å². The summed E-state index contributed by atoms with van der Waals surface area (Å²) in [4.78, 5) is 28.7. The van der Waals surface area contributed by atoms with Gasteiger partial charge >= 0.3 is 0 Å². The second-order valence-corrected chi connectivity index (χ2v) is 8.27. The molecular weight excluding hydrogens is 414 g/mol. The second kappa shape index (κ2) is 8.10. The van der Waals surface area contributed by atoms with Gasteiger partial charge in [-0.1, -0.05) is 42.5 Å². The number of hydrogen-bond donors (Lipinski definition) is 0. The molecule has 0 fully saturated rings. The summed E-state index contributed by atoms with van der Waals surface area (Å²) in [5.74, 6) is 1.10. The van der Waals surface area contributed by atoms with Gasteiger partial charge in [-0.15, -0.1) is 6.58 Å². The average Bonchev–Trinajstić information content (AvgIpc) is 3.06. The Bertz CT molecular complexity index is 1450. The van der Waals surface area contributed by atoms with Crippen LogP contribution in [0.2, 0.25) is 0 Å². The summed E-state index contributed by atoms with van der Waals surface area (Å²) in [5, 5.41) is 0.509. The highest BCUT2D eigenvalue weighted by Crippen LogP contribution is 2.39. The van der Waals surface area contributed by atoms with Crippen molar-refractivity contribution in [2.75, 3.05) is 6.54 Å². The van der Waals surface area contributed by atoms with E-state index in [4.69, 9.17) is 9.15 Å². The zero-order valence-corrected chi connectivity index (χ0v) is 18.5. The molecule has 5 heteroatoms. The first kappa shape index (κ1) is 20.8. The maximum absolute atomic E-state index is 13.7. The molecule has 1 aliphatic heterocycles. The fourth-order valence-electron chi connectivity index (χ4n) is 4.56. The predicted molar refractivity (Wildman–Crippen MR) is 128 cm³/mol. The predicted octanol–water partition coefficient (Wildman–Crippen LogP) is 5.93. The van der Waals surface area contributed by atoms with Crippen LogP contribution in [-0.4, -0.2) is 17.4 Å². The quantitative estimate of drug-likeness (QED) is 0.363. The summed E-state index contributed by atoms with van der Waals surface area (Å²) in [6.45, 7) is 7.91. The van der Waals surface area contributed by atoms with Crippen molar-refractivity contribution in [2.24, 2.45) is 0 Å². The SMILES string of the molecule is C=CCN1C(=O)c2oc3cc(C)cc(C)c3c(=O)c2C1c1cccc(Oc2ccccc2)c1. The van der Waals surface area contributed by atoms with Crippen molar-refractivity contribution in [3.8, 4) is 11.5 Å². The lowest BCUT2D eigenvalue weighted by atomic mass is 9.96. The van der Waals surface area contributed by atoms with Gasteiger partial charge in [0.2, 0.25) is 5.76 Å². The molecule has 0 saturated carbocycles. The largest absolute Gasteiger partial charge is 0.457 e. The first-order valence-electron chi connectivity index (χ1n) is 10.8. The molecule has 164 valence electrons. The topological polar surface area (TPSA) is 59.8 Å². The van der Waals surface area contributed by atoms with Gasteiger partial charge < -0.3 is 14.1 Å². The van der Waals surface area contributed by atoms with Crippen LogP contribution in [0.1, 0.15) is 38.9 Å². The number of fused-ring (bicyclic) bond motifs is 2. The van der Waals surface area contributed by atoms with Crippen LogP contribution < -0.4 is 10.2 Å². The van der Waals surface area contributed by atoms with E-state index in [2.05, 4.69) is 6.58 Å².